The van der Waals surface area contributed by atoms with Gasteiger partial charge < -0.3 is 5.32 Å². The quantitative estimate of drug-likeness (QED) is 0.812. The number of benzene rings is 1. The third kappa shape index (κ3) is 3.22. The number of rotatable bonds is 5. The highest BCUT2D eigenvalue weighted by atomic mass is 15.3. The summed E-state index contributed by atoms with van der Waals surface area (Å²) in [4.78, 5) is 0. The monoisotopic (exact) mass is 239 g/mol. The Morgan fingerprint density at radius 3 is 2.89 bits per heavy atom. The second kappa shape index (κ2) is 6.04. The van der Waals surface area contributed by atoms with Crippen LogP contribution < -0.4 is 5.32 Å². The Kier molecular flexibility index (Phi) is 4.16. The Labute approximate surface area is 108 Å². The lowest BCUT2D eigenvalue weighted by Gasteiger charge is -2.08. The molecule has 18 heavy (non-hydrogen) atoms. The zero-order chi connectivity index (χ0) is 12.8. The van der Waals surface area contributed by atoms with E-state index in [4.69, 9.17) is 6.42 Å². The first-order valence-corrected chi connectivity index (χ1v) is 6.05. The van der Waals surface area contributed by atoms with Gasteiger partial charge in [-0.25, -0.2) is 4.68 Å². The molecule has 0 aliphatic heterocycles. The van der Waals surface area contributed by atoms with Crippen molar-refractivity contribution < 1.29 is 0 Å². The third-order valence-electron chi connectivity index (χ3n) is 2.74. The summed E-state index contributed by atoms with van der Waals surface area (Å²) < 4.78 is 1.88. The average Bonchev–Trinajstić information content (AvgIpc) is 2.87. The standard InChI is InChI=1S/C15H17N3/c1-3-7-13(2)16-10-14-11-17-18(12-14)15-8-5-4-6-9-15/h1,4-6,8-9,11-13,16H,7,10H2,2H3. The molecule has 3 heteroatoms. The van der Waals surface area contributed by atoms with Crippen LogP contribution in [-0.4, -0.2) is 15.8 Å². The Hall–Kier alpha value is -2.05. The maximum atomic E-state index is 5.27. The van der Waals surface area contributed by atoms with E-state index in [1.807, 2.05) is 47.4 Å². The summed E-state index contributed by atoms with van der Waals surface area (Å²) in [6, 6.07) is 10.4. The number of aromatic nitrogens is 2. The van der Waals surface area contributed by atoms with Gasteiger partial charge in [-0.3, -0.25) is 0 Å². The molecular formula is C15H17N3. The highest BCUT2D eigenvalue weighted by molar-refractivity contribution is 5.30. The van der Waals surface area contributed by atoms with Crippen molar-refractivity contribution in [3.8, 4) is 18.0 Å². The molecule has 1 N–H and O–H groups in total. The van der Waals surface area contributed by atoms with E-state index in [1.165, 1.54) is 0 Å². The Morgan fingerprint density at radius 2 is 2.17 bits per heavy atom. The van der Waals surface area contributed by atoms with Crippen LogP contribution in [0.25, 0.3) is 5.69 Å². The van der Waals surface area contributed by atoms with Crippen LogP contribution in [0.5, 0.6) is 0 Å². The Morgan fingerprint density at radius 1 is 1.39 bits per heavy atom. The summed E-state index contributed by atoms with van der Waals surface area (Å²) in [7, 11) is 0. The van der Waals surface area contributed by atoms with Gasteiger partial charge in [0.1, 0.15) is 0 Å². The van der Waals surface area contributed by atoms with Gasteiger partial charge in [-0.15, -0.1) is 12.3 Å². The summed E-state index contributed by atoms with van der Waals surface area (Å²) in [5, 5.41) is 7.72. The first kappa shape index (κ1) is 12.4. The van der Waals surface area contributed by atoms with Gasteiger partial charge in [0.15, 0.2) is 0 Å². The maximum Gasteiger partial charge on any atom is 0.0645 e. The predicted molar refractivity (Wildman–Crippen MR) is 73.3 cm³/mol. The molecular weight excluding hydrogens is 222 g/mol. The van der Waals surface area contributed by atoms with E-state index in [9.17, 15) is 0 Å². The van der Waals surface area contributed by atoms with Crippen LogP contribution in [0.1, 0.15) is 18.9 Å². The number of hydrogen-bond donors (Lipinski definition) is 1. The molecule has 0 bridgehead atoms. The summed E-state index contributed by atoms with van der Waals surface area (Å²) in [5.41, 5.74) is 2.23. The first-order valence-electron chi connectivity index (χ1n) is 6.05. The number of nitrogens with one attached hydrogen (secondary N) is 1. The molecule has 2 aromatic rings. The average molecular weight is 239 g/mol. The molecule has 0 aliphatic rings. The van der Waals surface area contributed by atoms with Gasteiger partial charge in [-0.2, -0.15) is 5.10 Å². The van der Waals surface area contributed by atoms with Crippen LogP contribution in [-0.2, 0) is 6.54 Å². The fraction of sp³-hybridized carbons (Fsp3) is 0.267. The van der Waals surface area contributed by atoms with Crippen LogP contribution >= 0.6 is 0 Å². The highest BCUT2D eigenvalue weighted by Gasteiger charge is 2.02. The van der Waals surface area contributed by atoms with Crippen molar-refractivity contribution in [1.82, 2.24) is 15.1 Å². The topological polar surface area (TPSA) is 29.9 Å². The SMILES string of the molecule is C#CCC(C)NCc1cnn(-c2ccccc2)c1. The lowest BCUT2D eigenvalue weighted by atomic mass is 10.2. The van der Waals surface area contributed by atoms with Gasteiger partial charge in [0.25, 0.3) is 0 Å². The Bertz CT molecular complexity index is 522. The normalized spacial score (nSPS) is 12.0. The maximum absolute atomic E-state index is 5.27. The number of para-hydroxylation sites is 1. The Balaban J connectivity index is 1.97. The van der Waals surface area contributed by atoms with Crippen LogP contribution in [0, 0.1) is 12.3 Å². The molecule has 0 radical (unpaired) electrons. The van der Waals surface area contributed by atoms with Crippen molar-refractivity contribution in [2.45, 2.75) is 25.9 Å². The van der Waals surface area contributed by atoms with Crippen molar-refractivity contribution in [2.75, 3.05) is 0 Å². The molecule has 0 aliphatic carbocycles. The zero-order valence-corrected chi connectivity index (χ0v) is 10.5. The van der Waals surface area contributed by atoms with E-state index in [-0.39, 0.29) is 0 Å². The van der Waals surface area contributed by atoms with Crippen LogP contribution in [0.2, 0.25) is 0 Å². The van der Waals surface area contributed by atoms with Crippen molar-refractivity contribution >= 4 is 0 Å². The summed E-state index contributed by atoms with van der Waals surface area (Å²) in [6.07, 6.45) is 9.93. The molecule has 0 saturated heterocycles. The smallest absolute Gasteiger partial charge is 0.0645 e. The molecule has 0 spiro atoms. The van der Waals surface area contributed by atoms with Gasteiger partial charge in [-0.1, -0.05) is 18.2 Å². The summed E-state index contributed by atoms with van der Waals surface area (Å²) in [6.45, 7) is 2.87. The molecule has 0 fully saturated rings. The van der Waals surface area contributed by atoms with E-state index < -0.39 is 0 Å². The minimum atomic E-state index is 0.329. The predicted octanol–water partition coefficient (Wildman–Crippen LogP) is 2.37. The molecule has 1 unspecified atom stereocenters. The largest absolute Gasteiger partial charge is 0.309 e. The second-order valence-corrected chi connectivity index (χ2v) is 4.32. The zero-order valence-electron chi connectivity index (χ0n) is 10.5. The van der Waals surface area contributed by atoms with Crippen molar-refractivity contribution in [3.63, 3.8) is 0 Å². The van der Waals surface area contributed by atoms with Gasteiger partial charge in [0, 0.05) is 30.8 Å². The number of hydrogen-bond acceptors (Lipinski definition) is 2. The van der Waals surface area contributed by atoms with Crippen LogP contribution in [0.3, 0.4) is 0 Å². The fourth-order valence-electron chi connectivity index (χ4n) is 1.71. The molecule has 0 saturated carbocycles. The van der Waals surface area contributed by atoms with Crippen molar-refractivity contribution in [2.24, 2.45) is 0 Å². The molecule has 3 nitrogen and oxygen atoms in total. The summed E-state index contributed by atoms with van der Waals surface area (Å²) in [5.74, 6) is 2.65. The van der Waals surface area contributed by atoms with Crippen molar-refractivity contribution in [3.05, 3.63) is 48.3 Å². The van der Waals surface area contributed by atoms with E-state index in [0.29, 0.717) is 6.04 Å². The van der Waals surface area contributed by atoms with E-state index in [2.05, 4.69) is 23.3 Å². The van der Waals surface area contributed by atoms with Crippen LogP contribution in [0.15, 0.2) is 42.7 Å². The van der Waals surface area contributed by atoms with Crippen molar-refractivity contribution in [1.29, 1.82) is 0 Å². The summed E-state index contributed by atoms with van der Waals surface area (Å²) >= 11 is 0. The molecule has 1 aromatic carbocycles. The number of nitrogens with zero attached hydrogens (tertiary/aromatic N) is 2. The van der Waals surface area contributed by atoms with E-state index >= 15 is 0 Å². The van der Waals surface area contributed by atoms with Gasteiger partial charge in [0.2, 0.25) is 0 Å². The second-order valence-electron chi connectivity index (χ2n) is 4.32. The lowest BCUT2D eigenvalue weighted by molar-refractivity contribution is 0.559. The third-order valence-corrected chi connectivity index (χ3v) is 2.74. The van der Waals surface area contributed by atoms with Gasteiger partial charge >= 0.3 is 0 Å². The van der Waals surface area contributed by atoms with E-state index in [1.54, 1.807) is 0 Å². The van der Waals surface area contributed by atoms with E-state index in [0.717, 1.165) is 24.2 Å². The molecule has 1 aromatic heterocycles. The molecule has 2 rings (SSSR count). The molecule has 92 valence electrons. The minimum absolute atomic E-state index is 0.329. The van der Waals surface area contributed by atoms with Crippen LogP contribution in [0.4, 0.5) is 0 Å². The first-order chi connectivity index (χ1) is 8.79. The van der Waals surface area contributed by atoms with Gasteiger partial charge in [0.05, 0.1) is 11.9 Å². The highest BCUT2D eigenvalue weighted by Crippen LogP contribution is 2.07. The fourth-order valence-corrected chi connectivity index (χ4v) is 1.71. The molecule has 1 atom stereocenters. The molecule has 0 amide bonds. The number of terminal acetylenes is 1. The lowest BCUT2D eigenvalue weighted by Crippen LogP contribution is -2.24. The minimum Gasteiger partial charge on any atom is -0.309 e. The molecule has 1 heterocycles. The van der Waals surface area contributed by atoms with Gasteiger partial charge in [-0.05, 0) is 19.1 Å².